The molecule has 47 heavy (non-hydrogen) atoms. The van der Waals surface area contributed by atoms with Crippen molar-refractivity contribution in [1.82, 2.24) is 29.6 Å². The van der Waals surface area contributed by atoms with Gasteiger partial charge in [-0.1, -0.05) is 24.3 Å². The van der Waals surface area contributed by atoms with Crippen molar-refractivity contribution >= 4 is 22.5 Å². The van der Waals surface area contributed by atoms with Crippen LogP contribution in [0.5, 0.6) is 5.75 Å². The monoisotopic (exact) mass is 649 g/mol. The quantitative estimate of drug-likeness (QED) is 0.118. The number of para-hydroxylation sites is 1. The lowest BCUT2D eigenvalue weighted by Crippen LogP contribution is -2.36. The maximum Gasteiger partial charge on any atom is 0.251 e. The molecule has 1 saturated heterocycles. The lowest BCUT2D eigenvalue weighted by molar-refractivity contribution is 0.0754. The molecule has 0 saturated carbocycles. The number of pyridine rings is 1. The van der Waals surface area contributed by atoms with Gasteiger partial charge in [0, 0.05) is 36.4 Å². The van der Waals surface area contributed by atoms with Crippen LogP contribution in [-0.2, 0) is 11.3 Å². The number of likely N-dealkylation sites (tertiary alicyclic amines) is 1. The second kappa shape index (κ2) is 14.4. The Hall–Kier alpha value is -4.62. The van der Waals surface area contributed by atoms with Crippen molar-refractivity contribution < 1.29 is 27.0 Å². The number of benzene rings is 2. The van der Waals surface area contributed by atoms with Gasteiger partial charge in [0.2, 0.25) is 0 Å². The second-order valence-electron chi connectivity index (χ2n) is 11.4. The minimum Gasteiger partial charge on any atom is -0.491 e. The van der Waals surface area contributed by atoms with Crippen molar-refractivity contribution in [3.63, 3.8) is 0 Å². The predicted octanol–water partition coefficient (Wildman–Crippen LogP) is 6.74. The largest absolute Gasteiger partial charge is 0.491 e. The number of ether oxygens (including phenoxy) is 2. The molecule has 0 radical (unpaired) electrons. The maximum absolute atomic E-state index is 15.2. The average molecular weight is 650 g/mol. The minimum absolute atomic E-state index is 0.0784. The molecule has 0 amide bonds. The molecule has 1 N–H and O–H groups in total. The fraction of sp³-hybridized carbons (Fsp3) is 0.353. The molecule has 246 valence electrons. The SMILES string of the molecule is COCCOc1cc(F)c(Cn2nc(-c3ccc(C4CCN(CC(F)F)CC4)c(Nc4ccnc(C)n4)n3)c3ccccc32)c(F)c1. The van der Waals surface area contributed by atoms with Crippen molar-refractivity contribution in [2.75, 3.05) is 45.3 Å². The molecule has 1 aliphatic rings. The Kier molecular flexibility index (Phi) is 9.92. The number of hydrogen-bond donors (Lipinski definition) is 1. The fourth-order valence-electron chi connectivity index (χ4n) is 5.94. The van der Waals surface area contributed by atoms with Gasteiger partial charge in [0.25, 0.3) is 6.43 Å². The summed E-state index contributed by atoms with van der Waals surface area (Å²) < 4.78 is 68.2. The molecule has 5 aromatic rings. The Morgan fingerprint density at radius 3 is 2.47 bits per heavy atom. The number of aryl methyl sites for hydroxylation is 1. The number of nitrogens with one attached hydrogen (secondary N) is 1. The first-order valence-electron chi connectivity index (χ1n) is 15.4. The van der Waals surface area contributed by atoms with Crippen LogP contribution >= 0.6 is 0 Å². The third-order valence-corrected chi connectivity index (χ3v) is 8.25. The molecule has 4 heterocycles. The molecule has 0 spiro atoms. The highest BCUT2D eigenvalue weighted by Crippen LogP contribution is 2.36. The van der Waals surface area contributed by atoms with Crippen molar-refractivity contribution in [3.05, 3.63) is 89.4 Å². The van der Waals surface area contributed by atoms with Crippen LogP contribution in [0.1, 0.15) is 35.7 Å². The highest BCUT2D eigenvalue weighted by molar-refractivity contribution is 5.92. The van der Waals surface area contributed by atoms with Gasteiger partial charge in [-0.3, -0.25) is 9.58 Å². The zero-order valence-electron chi connectivity index (χ0n) is 26.1. The van der Waals surface area contributed by atoms with Crippen molar-refractivity contribution in [2.24, 2.45) is 0 Å². The van der Waals surface area contributed by atoms with E-state index >= 15 is 8.78 Å². The summed E-state index contributed by atoms with van der Waals surface area (Å²) in [5, 5.41) is 8.91. The highest BCUT2D eigenvalue weighted by atomic mass is 19.3. The average Bonchev–Trinajstić information content (AvgIpc) is 3.41. The number of fused-ring (bicyclic) bond motifs is 1. The molecule has 6 rings (SSSR count). The van der Waals surface area contributed by atoms with Gasteiger partial charge in [-0.15, -0.1) is 0 Å². The topological polar surface area (TPSA) is 90.2 Å². The number of piperidine rings is 1. The Labute approximate surface area is 269 Å². The number of alkyl halides is 2. The number of methoxy groups -OCH3 is 1. The summed E-state index contributed by atoms with van der Waals surface area (Å²) in [6.45, 7) is 2.98. The Morgan fingerprint density at radius 2 is 1.74 bits per heavy atom. The lowest BCUT2D eigenvalue weighted by Gasteiger charge is -2.32. The summed E-state index contributed by atoms with van der Waals surface area (Å²) >= 11 is 0. The van der Waals surface area contributed by atoms with Crippen LogP contribution in [0.4, 0.5) is 29.2 Å². The number of anilines is 2. The zero-order valence-corrected chi connectivity index (χ0v) is 26.1. The van der Waals surface area contributed by atoms with Crippen molar-refractivity contribution in [2.45, 2.75) is 38.7 Å². The number of hydrogen-bond acceptors (Lipinski definition) is 8. The molecule has 9 nitrogen and oxygen atoms in total. The Balaban J connectivity index is 1.34. The number of rotatable bonds is 12. The van der Waals surface area contributed by atoms with Gasteiger partial charge < -0.3 is 14.8 Å². The van der Waals surface area contributed by atoms with Crippen molar-refractivity contribution in [3.8, 4) is 17.1 Å². The van der Waals surface area contributed by atoms with E-state index in [1.165, 1.54) is 7.11 Å². The number of nitrogens with zero attached hydrogens (tertiary/aromatic N) is 6. The maximum atomic E-state index is 15.2. The molecule has 2 aromatic carbocycles. The van der Waals surface area contributed by atoms with Crippen LogP contribution < -0.4 is 10.1 Å². The van der Waals surface area contributed by atoms with Crippen LogP contribution in [0.25, 0.3) is 22.3 Å². The summed E-state index contributed by atoms with van der Waals surface area (Å²) in [7, 11) is 1.52. The molecule has 1 fully saturated rings. The van der Waals surface area contributed by atoms with Crippen LogP contribution in [0.3, 0.4) is 0 Å². The molecule has 0 unspecified atom stereocenters. The van der Waals surface area contributed by atoms with Gasteiger partial charge in [-0.25, -0.2) is 32.5 Å². The molecule has 3 aromatic heterocycles. The van der Waals surface area contributed by atoms with Gasteiger partial charge in [0.1, 0.15) is 47.1 Å². The Morgan fingerprint density at radius 1 is 0.979 bits per heavy atom. The first-order chi connectivity index (χ1) is 22.8. The van der Waals surface area contributed by atoms with E-state index in [1.54, 1.807) is 28.8 Å². The second-order valence-corrected chi connectivity index (χ2v) is 11.4. The van der Waals surface area contributed by atoms with E-state index in [0.29, 0.717) is 66.9 Å². The normalized spacial score (nSPS) is 14.3. The first-order valence-corrected chi connectivity index (χ1v) is 15.4. The summed E-state index contributed by atoms with van der Waals surface area (Å²) in [5.41, 5.74) is 2.57. The third kappa shape index (κ3) is 7.52. The van der Waals surface area contributed by atoms with Gasteiger partial charge in [0.15, 0.2) is 0 Å². The lowest BCUT2D eigenvalue weighted by atomic mass is 9.89. The van der Waals surface area contributed by atoms with Gasteiger partial charge >= 0.3 is 0 Å². The highest BCUT2D eigenvalue weighted by Gasteiger charge is 2.26. The zero-order chi connectivity index (χ0) is 32.9. The first kappa shape index (κ1) is 32.3. The molecule has 13 heteroatoms. The van der Waals surface area contributed by atoms with E-state index in [0.717, 1.165) is 23.1 Å². The van der Waals surface area contributed by atoms with E-state index in [-0.39, 0.29) is 36.9 Å². The smallest absolute Gasteiger partial charge is 0.251 e. The van der Waals surface area contributed by atoms with Gasteiger partial charge in [0.05, 0.1) is 30.9 Å². The van der Waals surface area contributed by atoms with Crippen LogP contribution in [0, 0.1) is 18.6 Å². The summed E-state index contributed by atoms with van der Waals surface area (Å²) in [4.78, 5) is 15.5. The van der Waals surface area contributed by atoms with Gasteiger partial charge in [-0.05, 0) is 62.5 Å². The van der Waals surface area contributed by atoms with Gasteiger partial charge in [-0.2, -0.15) is 5.10 Å². The van der Waals surface area contributed by atoms with Crippen molar-refractivity contribution in [1.29, 1.82) is 0 Å². The van der Waals surface area contributed by atoms with Crippen LogP contribution in [0.2, 0.25) is 0 Å². The van der Waals surface area contributed by atoms with E-state index in [4.69, 9.17) is 19.6 Å². The number of aromatic nitrogens is 5. The minimum atomic E-state index is -2.37. The van der Waals surface area contributed by atoms with E-state index in [2.05, 4.69) is 15.3 Å². The third-order valence-electron chi connectivity index (χ3n) is 8.25. The molecular weight excluding hydrogens is 614 g/mol. The summed E-state index contributed by atoms with van der Waals surface area (Å²) in [6, 6.07) is 15.4. The molecule has 1 aliphatic heterocycles. The van der Waals surface area contributed by atoms with E-state index in [9.17, 15) is 8.78 Å². The number of halogens is 4. The standard InChI is InChI=1S/C34H35F4N7O2/c1-21-39-12-9-32(40-21)42-34-24(22-10-13-44(14-11-22)20-31(37)38)7-8-29(41-34)33-25-5-3-4-6-30(25)45(43-33)19-26-27(35)17-23(18-28(26)36)47-16-15-46-2/h3-9,12,17-18,22,31H,10-11,13-16,19-20H2,1-2H3,(H,39,40,41,42). The van der Waals surface area contributed by atoms with E-state index < -0.39 is 18.1 Å². The van der Waals surface area contributed by atoms with Crippen LogP contribution in [0.15, 0.2) is 60.8 Å². The molecule has 0 aliphatic carbocycles. The van der Waals surface area contributed by atoms with E-state index in [1.807, 2.05) is 36.4 Å². The molecule has 0 atom stereocenters. The fourth-order valence-corrected chi connectivity index (χ4v) is 5.94. The molecule has 0 bridgehead atoms. The summed E-state index contributed by atoms with van der Waals surface area (Å²) in [6.07, 6.45) is 0.697. The summed E-state index contributed by atoms with van der Waals surface area (Å²) in [5.74, 6) is 0.417. The molecular formula is C34H35F4N7O2. The predicted molar refractivity (Wildman–Crippen MR) is 170 cm³/mol. The Bertz CT molecular complexity index is 1820. The van der Waals surface area contributed by atoms with Crippen LogP contribution in [-0.4, -0.2) is 76.0 Å².